The Balaban J connectivity index is 1.63. The maximum absolute atomic E-state index is 11.8. The summed E-state index contributed by atoms with van der Waals surface area (Å²) in [6, 6.07) is 17.5. The summed E-state index contributed by atoms with van der Waals surface area (Å²) in [5.41, 5.74) is 1.18. The number of nitrogens with one attached hydrogen (secondary N) is 1. The summed E-state index contributed by atoms with van der Waals surface area (Å²) in [5, 5.41) is 2.84. The zero-order chi connectivity index (χ0) is 17.2. The first kappa shape index (κ1) is 17.9. The summed E-state index contributed by atoms with van der Waals surface area (Å²) in [6.45, 7) is 5.58. The molecule has 2 aromatic rings. The van der Waals surface area contributed by atoms with Crippen molar-refractivity contribution in [3.05, 3.63) is 60.2 Å². The SMILES string of the molecule is CC(C)c1ccccc1OCCNC(=O)CCOc1ccccc1. The molecule has 1 N–H and O–H groups in total. The van der Waals surface area contributed by atoms with Crippen LogP contribution in [0, 0.1) is 0 Å². The first-order valence-electron chi connectivity index (χ1n) is 8.33. The molecule has 0 atom stereocenters. The average molecular weight is 327 g/mol. The van der Waals surface area contributed by atoms with Crippen LogP contribution in [0.3, 0.4) is 0 Å². The van der Waals surface area contributed by atoms with Crippen LogP contribution in [-0.4, -0.2) is 25.7 Å². The van der Waals surface area contributed by atoms with Crippen molar-refractivity contribution in [2.24, 2.45) is 0 Å². The molecule has 0 spiro atoms. The number of ether oxygens (including phenoxy) is 2. The molecule has 2 rings (SSSR count). The van der Waals surface area contributed by atoms with Gasteiger partial charge in [-0.05, 0) is 29.7 Å². The van der Waals surface area contributed by atoms with Gasteiger partial charge in [-0.15, -0.1) is 0 Å². The van der Waals surface area contributed by atoms with Crippen LogP contribution >= 0.6 is 0 Å². The number of rotatable bonds is 9. The Morgan fingerprint density at radius 3 is 2.42 bits per heavy atom. The van der Waals surface area contributed by atoms with Gasteiger partial charge in [0.1, 0.15) is 18.1 Å². The van der Waals surface area contributed by atoms with Crippen molar-refractivity contribution >= 4 is 5.91 Å². The van der Waals surface area contributed by atoms with Gasteiger partial charge < -0.3 is 14.8 Å². The third-order valence-electron chi connectivity index (χ3n) is 3.56. The normalized spacial score (nSPS) is 10.5. The van der Waals surface area contributed by atoms with Gasteiger partial charge in [-0.3, -0.25) is 4.79 Å². The fourth-order valence-electron chi connectivity index (χ4n) is 2.31. The highest BCUT2D eigenvalue weighted by molar-refractivity contribution is 5.75. The van der Waals surface area contributed by atoms with Crippen LogP contribution in [0.4, 0.5) is 0 Å². The van der Waals surface area contributed by atoms with Gasteiger partial charge in [0.2, 0.25) is 5.91 Å². The van der Waals surface area contributed by atoms with Crippen molar-refractivity contribution in [2.75, 3.05) is 19.8 Å². The summed E-state index contributed by atoms with van der Waals surface area (Å²) in [5.74, 6) is 2.03. The minimum absolute atomic E-state index is 0.0355. The van der Waals surface area contributed by atoms with Crippen LogP contribution in [0.1, 0.15) is 31.7 Å². The van der Waals surface area contributed by atoms with Crippen molar-refractivity contribution in [3.63, 3.8) is 0 Å². The lowest BCUT2D eigenvalue weighted by molar-refractivity contribution is -0.121. The number of hydrogen-bond donors (Lipinski definition) is 1. The summed E-state index contributed by atoms with van der Waals surface area (Å²) >= 11 is 0. The molecule has 0 unspecified atom stereocenters. The van der Waals surface area contributed by atoms with Crippen molar-refractivity contribution in [1.29, 1.82) is 0 Å². The Bertz CT molecular complexity index is 626. The molecule has 128 valence electrons. The lowest BCUT2D eigenvalue weighted by atomic mass is 10.0. The first-order valence-corrected chi connectivity index (χ1v) is 8.33. The van der Waals surface area contributed by atoms with E-state index in [4.69, 9.17) is 9.47 Å². The molecule has 0 bridgehead atoms. The maximum Gasteiger partial charge on any atom is 0.223 e. The fourth-order valence-corrected chi connectivity index (χ4v) is 2.31. The van der Waals surface area contributed by atoms with Gasteiger partial charge in [0.15, 0.2) is 0 Å². The molecule has 0 aliphatic heterocycles. The van der Waals surface area contributed by atoms with E-state index in [1.807, 2.05) is 48.5 Å². The molecule has 4 heteroatoms. The smallest absolute Gasteiger partial charge is 0.223 e. The molecule has 2 aromatic carbocycles. The van der Waals surface area contributed by atoms with Crippen molar-refractivity contribution in [2.45, 2.75) is 26.2 Å². The van der Waals surface area contributed by atoms with E-state index >= 15 is 0 Å². The van der Waals surface area contributed by atoms with Crippen LogP contribution < -0.4 is 14.8 Å². The number of benzene rings is 2. The molecule has 1 amide bonds. The first-order chi connectivity index (χ1) is 11.7. The van der Waals surface area contributed by atoms with E-state index in [1.165, 1.54) is 5.56 Å². The van der Waals surface area contributed by atoms with Crippen molar-refractivity contribution < 1.29 is 14.3 Å². The Labute approximate surface area is 143 Å². The summed E-state index contributed by atoms with van der Waals surface area (Å²) in [4.78, 5) is 11.8. The zero-order valence-electron chi connectivity index (χ0n) is 14.3. The highest BCUT2D eigenvalue weighted by Gasteiger charge is 2.07. The average Bonchev–Trinajstić information content (AvgIpc) is 2.60. The number of amides is 1. The standard InChI is InChI=1S/C20H25NO3/c1-16(2)18-10-6-7-11-19(18)24-15-13-21-20(22)12-14-23-17-8-4-3-5-9-17/h3-11,16H,12-15H2,1-2H3,(H,21,22). The molecule has 0 aromatic heterocycles. The van der Waals surface area contributed by atoms with Crippen LogP contribution in [0.2, 0.25) is 0 Å². The summed E-state index contributed by atoms with van der Waals surface area (Å²) in [7, 11) is 0. The molecule has 0 saturated carbocycles. The highest BCUT2D eigenvalue weighted by Crippen LogP contribution is 2.25. The van der Waals surface area contributed by atoms with Crippen molar-refractivity contribution in [1.82, 2.24) is 5.32 Å². The molecule has 0 saturated heterocycles. The van der Waals surface area contributed by atoms with Crippen LogP contribution in [0.5, 0.6) is 11.5 Å². The quantitative estimate of drug-likeness (QED) is 0.713. The highest BCUT2D eigenvalue weighted by atomic mass is 16.5. The van der Waals surface area contributed by atoms with Gasteiger partial charge in [-0.25, -0.2) is 0 Å². The number of hydrogen-bond acceptors (Lipinski definition) is 3. The molecule has 0 heterocycles. The van der Waals surface area contributed by atoms with E-state index in [0.717, 1.165) is 11.5 Å². The number of para-hydroxylation sites is 2. The molecule has 4 nitrogen and oxygen atoms in total. The second kappa shape index (κ2) is 9.60. The van der Waals surface area contributed by atoms with Gasteiger partial charge in [0.25, 0.3) is 0 Å². The van der Waals surface area contributed by atoms with Crippen LogP contribution in [0.25, 0.3) is 0 Å². The lowest BCUT2D eigenvalue weighted by Crippen LogP contribution is -2.29. The molecule has 0 fully saturated rings. The predicted octanol–water partition coefficient (Wildman–Crippen LogP) is 3.77. The largest absolute Gasteiger partial charge is 0.493 e. The topological polar surface area (TPSA) is 47.6 Å². The Morgan fingerprint density at radius 2 is 1.67 bits per heavy atom. The minimum atomic E-state index is -0.0355. The molecule has 0 radical (unpaired) electrons. The number of carbonyl (C=O) groups is 1. The summed E-state index contributed by atoms with van der Waals surface area (Å²) in [6.07, 6.45) is 0.331. The molecular formula is C20H25NO3. The van der Waals surface area contributed by atoms with Gasteiger partial charge in [0.05, 0.1) is 19.6 Å². The van der Waals surface area contributed by atoms with Crippen LogP contribution in [0.15, 0.2) is 54.6 Å². The van der Waals surface area contributed by atoms with E-state index in [2.05, 4.69) is 25.2 Å². The number of carbonyl (C=O) groups excluding carboxylic acids is 1. The third kappa shape index (κ3) is 5.95. The lowest BCUT2D eigenvalue weighted by Gasteiger charge is -2.14. The van der Waals surface area contributed by atoms with Crippen LogP contribution in [-0.2, 0) is 4.79 Å². The minimum Gasteiger partial charge on any atom is -0.493 e. The molecule has 0 aliphatic carbocycles. The maximum atomic E-state index is 11.8. The van der Waals surface area contributed by atoms with E-state index in [0.29, 0.717) is 32.1 Å². The molecule has 24 heavy (non-hydrogen) atoms. The Morgan fingerprint density at radius 1 is 0.958 bits per heavy atom. The van der Waals surface area contributed by atoms with Gasteiger partial charge >= 0.3 is 0 Å². The molecular weight excluding hydrogens is 302 g/mol. The van der Waals surface area contributed by atoms with E-state index in [9.17, 15) is 4.79 Å². The van der Waals surface area contributed by atoms with Gasteiger partial charge in [-0.2, -0.15) is 0 Å². The van der Waals surface area contributed by atoms with Gasteiger partial charge in [0, 0.05) is 0 Å². The second-order valence-electron chi connectivity index (χ2n) is 5.80. The summed E-state index contributed by atoms with van der Waals surface area (Å²) < 4.78 is 11.3. The zero-order valence-corrected chi connectivity index (χ0v) is 14.3. The van der Waals surface area contributed by atoms with E-state index in [-0.39, 0.29) is 5.91 Å². The Hall–Kier alpha value is -2.49. The predicted molar refractivity (Wildman–Crippen MR) is 95.6 cm³/mol. The van der Waals surface area contributed by atoms with E-state index in [1.54, 1.807) is 0 Å². The Kier molecular flexibility index (Phi) is 7.15. The third-order valence-corrected chi connectivity index (χ3v) is 3.56. The second-order valence-corrected chi connectivity index (χ2v) is 5.80. The molecule has 0 aliphatic rings. The van der Waals surface area contributed by atoms with E-state index < -0.39 is 0 Å². The van der Waals surface area contributed by atoms with Crippen molar-refractivity contribution in [3.8, 4) is 11.5 Å². The monoisotopic (exact) mass is 327 g/mol. The van der Waals surface area contributed by atoms with Gasteiger partial charge in [-0.1, -0.05) is 50.2 Å². The fraction of sp³-hybridized carbons (Fsp3) is 0.350.